The molecule has 1 atom stereocenters. The highest BCUT2D eigenvalue weighted by Crippen LogP contribution is 2.47. The third-order valence-electron chi connectivity index (χ3n) is 5.30. The topological polar surface area (TPSA) is 45.7 Å². The van der Waals surface area contributed by atoms with Crippen molar-refractivity contribution < 1.29 is 4.74 Å². The molecule has 0 amide bonds. The number of nitrogens with one attached hydrogen (secondary N) is 2. The van der Waals surface area contributed by atoms with E-state index in [1.54, 1.807) is 7.11 Å². The van der Waals surface area contributed by atoms with E-state index in [1.165, 1.54) is 24.0 Å². The van der Waals surface area contributed by atoms with Gasteiger partial charge in [0.25, 0.3) is 0 Å². The third-order valence-corrected chi connectivity index (χ3v) is 5.30. The van der Waals surface area contributed by atoms with Gasteiger partial charge in [-0.1, -0.05) is 55.5 Å². The minimum Gasteiger partial charge on any atom is -0.496 e. The minimum atomic E-state index is 0. The summed E-state index contributed by atoms with van der Waals surface area (Å²) in [6.07, 6.45) is 2.47. The number of halogens is 1. The van der Waals surface area contributed by atoms with Crippen LogP contribution in [0.15, 0.2) is 59.6 Å². The van der Waals surface area contributed by atoms with E-state index in [0.29, 0.717) is 5.92 Å². The van der Waals surface area contributed by atoms with Gasteiger partial charge in [-0.2, -0.15) is 0 Å². The van der Waals surface area contributed by atoms with Gasteiger partial charge in [0.15, 0.2) is 5.96 Å². The van der Waals surface area contributed by atoms with Crippen molar-refractivity contribution in [2.75, 3.05) is 27.2 Å². The van der Waals surface area contributed by atoms with Crippen molar-refractivity contribution in [3.05, 3.63) is 65.7 Å². The Labute approximate surface area is 179 Å². The van der Waals surface area contributed by atoms with E-state index in [4.69, 9.17) is 4.74 Å². The SMILES string of the molecule is CN=C(NCC(C)c1ccccc1OC)NCC1(c2ccccc2)CC1.I. The standard InChI is InChI=1S/C22H29N3O.HI/c1-17(19-11-7-8-12-20(19)26-3)15-24-21(23-2)25-16-22(13-14-22)18-9-5-4-6-10-18;/h4-12,17H,13-16H2,1-3H3,(H2,23,24,25);1H. The largest absolute Gasteiger partial charge is 0.496 e. The number of aliphatic imine (C=N–C) groups is 1. The number of guanidine groups is 1. The summed E-state index contributed by atoms with van der Waals surface area (Å²) in [6.45, 7) is 3.92. The second kappa shape index (κ2) is 9.97. The molecular weight excluding hydrogens is 449 g/mol. The van der Waals surface area contributed by atoms with Crippen LogP contribution in [0.25, 0.3) is 0 Å². The molecule has 1 fully saturated rings. The molecule has 0 spiro atoms. The van der Waals surface area contributed by atoms with Crippen LogP contribution < -0.4 is 15.4 Å². The molecule has 2 aromatic carbocycles. The molecule has 2 N–H and O–H groups in total. The molecule has 1 aliphatic carbocycles. The number of hydrogen-bond donors (Lipinski definition) is 2. The van der Waals surface area contributed by atoms with Gasteiger partial charge in [-0.15, -0.1) is 24.0 Å². The predicted octanol–water partition coefficient (Wildman–Crippen LogP) is 4.31. The van der Waals surface area contributed by atoms with E-state index in [-0.39, 0.29) is 29.4 Å². The van der Waals surface area contributed by atoms with Crippen LogP contribution in [0.5, 0.6) is 5.75 Å². The summed E-state index contributed by atoms with van der Waals surface area (Å²) in [5, 5.41) is 6.97. The van der Waals surface area contributed by atoms with Crippen molar-refractivity contribution in [1.82, 2.24) is 10.6 Å². The lowest BCUT2D eigenvalue weighted by Crippen LogP contribution is -2.42. The zero-order chi connectivity index (χ0) is 18.4. The Morgan fingerprint density at radius 3 is 2.37 bits per heavy atom. The molecule has 0 heterocycles. The van der Waals surface area contributed by atoms with Gasteiger partial charge in [-0.25, -0.2) is 0 Å². The summed E-state index contributed by atoms with van der Waals surface area (Å²) in [5.41, 5.74) is 2.90. The Hall–Kier alpha value is -1.76. The summed E-state index contributed by atoms with van der Waals surface area (Å²) in [7, 11) is 3.54. The molecule has 1 unspecified atom stereocenters. The van der Waals surface area contributed by atoms with Crippen LogP contribution >= 0.6 is 24.0 Å². The van der Waals surface area contributed by atoms with Gasteiger partial charge >= 0.3 is 0 Å². The van der Waals surface area contributed by atoms with E-state index in [0.717, 1.165) is 24.8 Å². The zero-order valence-corrected chi connectivity index (χ0v) is 18.7. The van der Waals surface area contributed by atoms with E-state index in [2.05, 4.69) is 65.0 Å². The van der Waals surface area contributed by atoms with E-state index >= 15 is 0 Å². The molecule has 146 valence electrons. The summed E-state index contributed by atoms with van der Waals surface area (Å²) >= 11 is 0. The molecular formula is C22H30IN3O. The first-order valence-electron chi connectivity index (χ1n) is 9.31. The average molecular weight is 479 g/mol. The van der Waals surface area contributed by atoms with E-state index in [1.807, 2.05) is 19.2 Å². The highest BCUT2D eigenvalue weighted by Gasteiger charge is 2.43. The fraction of sp³-hybridized carbons (Fsp3) is 0.409. The zero-order valence-electron chi connectivity index (χ0n) is 16.4. The maximum Gasteiger partial charge on any atom is 0.191 e. The molecule has 0 saturated heterocycles. The molecule has 1 aliphatic rings. The Bertz CT molecular complexity index is 744. The smallest absolute Gasteiger partial charge is 0.191 e. The normalized spacial score (nSPS) is 16.0. The number of benzene rings is 2. The van der Waals surface area contributed by atoms with Crippen LogP contribution in [0.1, 0.15) is 36.8 Å². The first-order valence-corrected chi connectivity index (χ1v) is 9.31. The van der Waals surface area contributed by atoms with Crippen LogP contribution in [0.3, 0.4) is 0 Å². The average Bonchev–Trinajstić information content (AvgIpc) is 3.49. The number of para-hydroxylation sites is 1. The molecule has 0 radical (unpaired) electrons. The van der Waals surface area contributed by atoms with Crippen LogP contribution in [0, 0.1) is 0 Å². The quantitative estimate of drug-likeness (QED) is 0.354. The number of methoxy groups -OCH3 is 1. The van der Waals surface area contributed by atoms with Crippen LogP contribution in [-0.2, 0) is 5.41 Å². The molecule has 3 rings (SSSR count). The van der Waals surface area contributed by atoms with Gasteiger partial charge < -0.3 is 15.4 Å². The lowest BCUT2D eigenvalue weighted by atomic mass is 9.96. The van der Waals surface area contributed by atoms with E-state index in [9.17, 15) is 0 Å². The van der Waals surface area contributed by atoms with Crippen molar-refractivity contribution >= 4 is 29.9 Å². The van der Waals surface area contributed by atoms with Crippen LogP contribution in [0.2, 0.25) is 0 Å². The molecule has 5 heteroatoms. The Morgan fingerprint density at radius 2 is 1.74 bits per heavy atom. The highest BCUT2D eigenvalue weighted by atomic mass is 127. The summed E-state index contributed by atoms with van der Waals surface area (Å²) in [4.78, 5) is 4.38. The third kappa shape index (κ3) is 5.37. The van der Waals surface area contributed by atoms with Gasteiger partial charge in [-0.3, -0.25) is 4.99 Å². The highest BCUT2D eigenvalue weighted by molar-refractivity contribution is 14.0. The Balaban J connectivity index is 0.00000261. The summed E-state index contributed by atoms with van der Waals surface area (Å²) in [5.74, 6) is 2.12. The summed E-state index contributed by atoms with van der Waals surface area (Å²) < 4.78 is 5.48. The van der Waals surface area contributed by atoms with Crippen molar-refractivity contribution in [2.24, 2.45) is 4.99 Å². The van der Waals surface area contributed by atoms with Crippen LogP contribution in [-0.4, -0.2) is 33.2 Å². The predicted molar refractivity (Wildman–Crippen MR) is 124 cm³/mol. The Morgan fingerprint density at radius 1 is 1.07 bits per heavy atom. The minimum absolute atomic E-state index is 0. The number of rotatable bonds is 7. The first kappa shape index (κ1) is 21.5. The molecule has 0 aliphatic heterocycles. The van der Waals surface area contributed by atoms with Crippen LogP contribution in [0.4, 0.5) is 0 Å². The molecule has 1 saturated carbocycles. The number of hydrogen-bond acceptors (Lipinski definition) is 2. The molecule has 27 heavy (non-hydrogen) atoms. The maximum atomic E-state index is 5.48. The van der Waals surface area contributed by atoms with Gasteiger partial charge in [0.1, 0.15) is 5.75 Å². The van der Waals surface area contributed by atoms with Gasteiger partial charge in [0, 0.05) is 31.5 Å². The first-order chi connectivity index (χ1) is 12.7. The maximum absolute atomic E-state index is 5.48. The van der Waals surface area contributed by atoms with Gasteiger partial charge in [0.2, 0.25) is 0 Å². The molecule has 0 bridgehead atoms. The van der Waals surface area contributed by atoms with Crippen molar-refractivity contribution in [3.8, 4) is 5.75 Å². The molecule has 4 nitrogen and oxygen atoms in total. The Kier molecular flexibility index (Phi) is 7.95. The monoisotopic (exact) mass is 479 g/mol. The van der Waals surface area contributed by atoms with Crippen molar-refractivity contribution in [1.29, 1.82) is 0 Å². The number of ether oxygens (including phenoxy) is 1. The summed E-state index contributed by atoms with van der Waals surface area (Å²) in [6, 6.07) is 19.0. The van der Waals surface area contributed by atoms with Gasteiger partial charge in [-0.05, 0) is 30.0 Å². The molecule has 2 aromatic rings. The van der Waals surface area contributed by atoms with E-state index < -0.39 is 0 Å². The van der Waals surface area contributed by atoms with Crippen molar-refractivity contribution in [2.45, 2.75) is 31.1 Å². The fourth-order valence-corrected chi connectivity index (χ4v) is 3.42. The molecule has 0 aromatic heterocycles. The lowest BCUT2D eigenvalue weighted by Gasteiger charge is -2.21. The number of nitrogens with zero attached hydrogens (tertiary/aromatic N) is 1. The second-order valence-corrected chi connectivity index (χ2v) is 7.10. The fourth-order valence-electron chi connectivity index (χ4n) is 3.42. The van der Waals surface area contributed by atoms with Crippen molar-refractivity contribution in [3.63, 3.8) is 0 Å². The lowest BCUT2D eigenvalue weighted by molar-refractivity contribution is 0.406. The second-order valence-electron chi connectivity index (χ2n) is 7.10. The van der Waals surface area contributed by atoms with Gasteiger partial charge in [0.05, 0.1) is 7.11 Å².